The van der Waals surface area contributed by atoms with Gasteiger partial charge in [-0.3, -0.25) is 9.59 Å². The summed E-state index contributed by atoms with van der Waals surface area (Å²) in [5.41, 5.74) is 6.06. The van der Waals surface area contributed by atoms with Crippen LogP contribution in [0.15, 0.2) is 18.2 Å². The highest BCUT2D eigenvalue weighted by Crippen LogP contribution is 2.32. The molecule has 2 amide bonds. The van der Waals surface area contributed by atoms with Gasteiger partial charge in [0, 0.05) is 12.6 Å². The van der Waals surface area contributed by atoms with E-state index in [0.29, 0.717) is 29.6 Å². The van der Waals surface area contributed by atoms with Crippen molar-refractivity contribution >= 4 is 38.5 Å². The summed E-state index contributed by atoms with van der Waals surface area (Å²) in [7, 11) is 0. The first kappa shape index (κ1) is 22.3. The maximum absolute atomic E-state index is 12.8. The number of carbonyl (C=O) groups excluding carboxylic acids is 2. The van der Waals surface area contributed by atoms with Gasteiger partial charge in [-0.2, -0.15) is 0 Å². The summed E-state index contributed by atoms with van der Waals surface area (Å²) in [5.74, 6) is -1.04. The Bertz CT molecular complexity index is 955. The van der Waals surface area contributed by atoms with Crippen molar-refractivity contribution in [3.05, 3.63) is 18.2 Å². The molecule has 0 spiro atoms. The zero-order chi connectivity index (χ0) is 22.3. The third kappa shape index (κ3) is 5.01. The number of nitrogens with one attached hydrogen (secondary N) is 1. The number of hydrogen-bond donors (Lipinski definition) is 2. The molecule has 7 nitrogen and oxygen atoms in total. The molecule has 1 aromatic heterocycles. The number of nitrogens with zero attached hydrogens (tertiary/aromatic N) is 2. The second kappa shape index (κ2) is 8.03. The zero-order valence-corrected chi connectivity index (χ0v) is 17.6. The Morgan fingerprint density at radius 1 is 1.33 bits per heavy atom. The molecule has 1 fully saturated rings. The van der Waals surface area contributed by atoms with Gasteiger partial charge < -0.3 is 20.7 Å². The van der Waals surface area contributed by atoms with Crippen molar-refractivity contribution in [2.75, 3.05) is 11.9 Å². The number of aromatic nitrogens is 1. The van der Waals surface area contributed by atoms with Crippen molar-refractivity contribution < 1.29 is 27.5 Å². The SMILES string of the molecule is CC(C)(C)[C@H](N)C(=O)N1CCC[C@@H]1C(=O)Nc1nc2ccc(OC(F)(F)F)cc2s1. The van der Waals surface area contributed by atoms with Crippen LogP contribution in [0, 0.1) is 5.41 Å². The van der Waals surface area contributed by atoms with E-state index in [1.54, 1.807) is 0 Å². The van der Waals surface area contributed by atoms with Crippen molar-refractivity contribution in [1.29, 1.82) is 0 Å². The van der Waals surface area contributed by atoms with Crippen molar-refractivity contribution in [2.45, 2.75) is 52.1 Å². The van der Waals surface area contributed by atoms with Crippen LogP contribution in [-0.4, -0.2) is 46.7 Å². The van der Waals surface area contributed by atoms with E-state index in [1.165, 1.54) is 17.0 Å². The molecule has 3 N–H and O–H groups in total. The van der Waals surface area contributed by atoms with Gasteiger partial charge in [-0.25, -0.2) is 4.98 Å². The molecular weight excluding hydrogens is 421 g/mol. The van der Waals surface area contributed by atoms with Crippen LogP contribution in [0.25, 0.3) is 10.2 Å². The van der Waals surface area contributed by atoms with Crippen LogP contribution in [0.4, 0.5) is 18.3 Å². The number of carbonyl (C=O) groups is 2. The van der Waals surface area contributed by atoms with Crippen LogP contribution in [0.5, 0.6) is 5.75 Å². The largest absolute Gasteiger partial charge is 0.573 e. The van der Waals surface area contributed by atoms with Crippen LogP contribution in [0.2, 0.25) is 0 Å². The number of nitrogens with two attached hydrogens (primary N) is 1. The van der Waals surface area contributed by atoms with Gasteiger partial charge in [-0.05, 0) is 30.4 Å². The Morgan fingerprint density at radius 3 is 2.67 bits per heavy atom. The highest BCUT2D eigenvalue weighted by atomic mass is 32.1. The molecule has 2 heterocycles. The highest BCUT2D eigenvalue weighted by Gasteiger charge is 2.39. The van der Waals surface area contributed by atoms with E-state index in [4.69, 9.17) is 5.73 Å². The highest BCUT2D eigenvalue weighted by molar-refractivity contribution is 7.22. The summed E-state index contributed by atoms with van der Waals surface area (Å²) < 4.78 is 41.5. The van der Waals surface area contributed by atoms with Gasteiger partial charge in [-0.15, -0.1) is 13.2 Å². The number of benzene rings is 1. The Balaban J connectivity index is 1.73. The number of amides is 2. The smallest absolute Gasteiger partial charge is 0.406 e. The van der Waals surface area contributed by atoms with Crippen molar-refractivity contribution in [2.24, 2.45) is 11.1 Å². The van der Waals surface area contributed by atoms with Crippen LogP contribution in [0.1, 0.15) is 33.6 Å². The van der Waals surface area contributed by atoms with Crippen molar-refractivity contribution in [1.82, 2.24) is 9.88 Å². The third-order valence-electron chi connectivity index (χ3n) is 4.86. The number of hydrogen-bond acceptors (Lipinski definition) is 6. The molecule has 0 unspecified atom stereocenters. The molecule has 30 heavy (non-hydrogen) atoms. The number of rotatable bonds is 4. The van der Waals surface area contributed by atoms with Gasteiger partial charge in [0.15, 0.2) is 5.13 Å². The fraction of sp³-hybridized carbons (Fsp3) is 0.526. The van der Waals surface area contributed by atoms with E-state index < -0.39 is 29.8 Å². The molecule has 0 radical (unpaired) electrons. The summed E-state index contributed by atoms with van der Waals surface area (Å²) in [4.78, 5) is 31.3. The van der Waals surface area contributed by atoms with Gasteiger partial charge in [0.1, 0.15) is 11.8 Å². The molecular formula is C19H23F3N4O3S. The molecule has 1 aliphatic rings. The minimum Gasteiger partial charge on any atom is -0.406 e. The molecule has 0 saturated carbocycles. The van der Waals surface area contributed by atoms with Gasteiger partial charge >= 0.3 is 6.36 Å². The van der Waals surface area contributed by atoms with Crippen molar-refractivity contribution in [3.8, 4) is 5.75 Å². The molecule has 1 saturated heterocycles. The molecule has 2 aromatic rings. The molecule has 1 aromatic carbocycles. The number of thiazole rings is 1. The first-order valence-electron chi connectivity index (χ1n) is 9.38. The van der Waals surface area contributed by atoms with E-state index in [9.17, 15) is 22.8 Å². The topological polar surface area (TPSA) is 97.6 Å². The zero-order valence-electron chi connectivity index (χ0n) is 16.7. The number of likely N-dealkylation sites (tertiary alicyclic amines) is 1. The lowest BCUT2D eigenvalue weighted by Crippen LogP contribution is -2.54. The Kier molecular flexibility index (Phi) is 5.96. The quantitative estimate of drug-likeness (QED) is 0.752. The average molecular weight is 444 g/mol. The lowest BCUT2D eigenvalue weighted by atomic mass is 9.86. The summed E-state index contributed by atoms with van der Waals surface area (Å²) in [6, 6.07) is 2.36. The van der Waals surface area contributed by atoms with Gasteiger partial charge in [0.2, 0.25) is 11.8 Å². The lowest BCUT2D eigenvalue weighted by Gasteiger charge is -2.32. The number of fused-ring (bicyclic) bond motifs is 1. The molecule has 164 valence electrons. The summed E-state index contributed by atoms with van der Waals surface area (Å²) in [6.45, 7) is 6.02. The molecule has 1 aliphatic heterocycles. The van der Waals surface area contributed by atoms with E-state index in [2.05, 4.69) is 15.0 Å². The Labute approximate surface area is 175 Å². The van der Waals surface area contributed by atoms with E-state index >= 15 is 0 Å². The fourth-order valence-electron chi connectivity index (χ4n) is 3.20. The number of ether oxygens (including phenoxy) is 1. The normalized spacial score (nSPS) is 18.5. The van der Waals surface area contributed by atoms with Gasteiger partial charge in [0.05, 0.1) is 16.3 Å². The minimum atomic E-state index is -4.79. The van der Waals surface area contributed by atoms with Crippen LogP contribution in [-0.2, 0) is 9.59 Å². The molecule has 3 rings (SSSR count). The van der Waals surface area contributed by atoms with Crippen LogP contribution >= 0.6 is 11.3 Å². The van der Waals surface area contributed by atoms with Crippen LogP contribution < -0.4 is 15.8 Å². The molecule has 0 bridgehead atoms. The Morgan fingerprint density at radius 2 is 2.03 bits per heavy atom. The average Bonchev–Trinajstić information content (AvgIpc) is 3.24. The van der Waals surface area contributed by atoms with Crippen molar-refractivity contribution in [3.63, 3.8) is 0 Å². The third-order valence-corrected chi connectivity index (χ3v) is 5.79. The molecule has 0 aliphatic carbocycles. The maximum Gasteiger partial charge on any atom is 0.573 e. The number of alkyl halides is 3. The maximum atomic E-state index is 12.8. The van der Waals surface area contributed by atoms with E-state index in [0.717, 1.165) is 17.4 Å². The van der Waals surface area contributed by atoms with Gasteiger partial charge in [-0.1, -0.05) is 32.1 Å². The molecule has 11 heteroatoms. The standard InChI is InChI=1S/C19H23F3N4O3S/c1-18(2,3)14(23)16(28)26-8-4-5-12(26)15(27)25-17-24-11-7-6-10(9-13(11)30-17)29-19(20,21)22/h6-7,9,12,14H,4-5,8,23H2,1-3H3,(H,24,25,27)/t12-,14-/m1/s1. The summed E-state index contributed by atoms with van der Waals surface area (Å²) >= 11 is 1.03. The van der Waals surface area contributed by atoms with Crippen LogP contribution in [0.3, 0.4) is 0 Å². The number of anilines is 1. The second-order valence-corrected chi connectivity index (χ2v) is 9.25. The van der Waals surface area contributed by atoms with E-state index in [-0.39, 0.29) is 16.8 Å². The minimum absolute atomic E-state index is 0.235. The first-order chi connectivity index (χ1) is 13.8. The Hall–Kier alpha value is -2.40. The monoisotopic (exact) mass is 444 g/mol. The predicted molar refractivity (Wildman–Crippen MR) is 107 cm³/mol. The first-order valence-corrected chi connectivity index (χ1v) is 10.2. The van der Waals surface area contributed by atoms with E-state index in [1.807, 2.05) is 20.8 Å². The summed E-state index contributed by atoms with van der Waals surface area (Å²) in [5, 5.41) is 2.91. The predicted octanol–water partition coefficient (Wildman–Crippen LogP) is 3.50. The molecule has 2 atom stereocenters. The number of halogens is 3. The summed E-state index contributed by atoms with van der Waals surface area (Å²) in [6.07, 6.45) is -3.61. The second-order valence-electron chi connectivity index (χ2n) is 8.22. The fourth-order valence-corrected chi connectivity index (χ4v) is 4.09. The lowest BCUT2D eigenvalue weighted by molar-refractivity contribution is -0.274. The van der Waals surface area contributed by atoms with Gasteiger partial charge in [0.25, 0.3) is 0 Å².